The van der Waals surface area contributed by atoms with Crippen LogP contribution >= 0.6 is 0 Å². The summed E-state index contributed by atoms with van der Waals surface area (Å²) in [4.78, 5) is 32.3. The zero-order valence-corrected chi connectivity index (χ0v) is 10.6. The van der Waals surface area contributed by atoms with E-state index in [1.807, 2.05) is 0 Å². The van der Waals surface area contributed by atoms with Crippen molar-refractivity contribution in [1.29, 1.82) is 0 Å². The molecule has 0 unspecified atom stereocenters. The zero-order chi connectivity index (χ0) is 14.1. The Balaban J connectivity index is 1.97. The highest BCUT2D eigenvalue weighted by Gasteiger charge is 2.20. The average Bonchev–Trinajstić information content (AvgIpc) is 2.93. The Morgan fingerprint density at radius 2 is 2.00 bits per heavy atom. The molecule has 6 heteroatoms. The summed E-state index contributed by atoms with van der Waals surface area (Å²) in [5, 5.41) is 3.93. The number of ketones is 2. The van der Waals surface area contributed by atoms with Crippen LogP contribution in [0, 0.1) is 6.92 Å². The van der Waals surface area contributed by atoms with Crippen LogP contribution in [0.5, 0.6) is 0 Å². The molecule has 0 bridgehead atoms. The Morgan fingerprint density at radius 3 is 2.80 bits per heavy atom. The van der Waals surface area contributed by atoms with Gasteiger partial charge in [-0.15, -0.1) is 0 Å². The normalized spacial score (nSPS) is 10.7. The van der Waals surface area contributed by atoms with Crippen LogP contribution in [0.1, 0.15) is 26.5 Å². The predicted molar refractivity (Wildman–Crippen MR) is 70.6 cm³/mol. The number of rotatable bonds is 3. The summed E-state index contributed by atoms with van der Waals surface area (Å²) in [6.07, 6.45) is 2.97. The summed E-state index contributed by atoms with van der Waals surface area (Å²) in [6.45, 7) is 1.77. The highest BCUT2D eigenvalue weighted by molar-refractivity contribution is 6.48. The van der Waals surface area contributed by atoms with Crippen molar-refractivity contribution in [2.75, 3.05) is 0 Å². The quantitative estimate of drug-likeness (QED) is 0.530. The number of fused-ring (bicyclic) bond motifs is 1. The first-order valence-electron chi connectivity index (χ1n) is 5.97. The Morgan fingerprint density at radius 1 is 1.15 bits per heavy atom. The molecule has 0 aliphatic carbocycles. The lowest BCUT2D eigenvalue weighted by Gasteiger charge is -2.01. The first-order chi connectivity index (χ1) is 9.65. The number of aryl methyl sites for hydroxylation is 1. The minimum Gasteiger partial charge on any atom is -0.285 e. The van der Waals surface area contributed by atoms with E-state index in [2.05, 4.69) is 15.1 Å². The lowest BCUT2D eigenvalue weighted by Crippen LogP contribution is -2.16. The third-order valence-electron chi connectivity index (χ3n) is 2.87. The van der Waals surface area contributed by atoms with Crippen LogP contribution in [0.3, 0.4) is 0 Å². The molecule has 0 spiro atoms. The monoisotopic (exact) mass is 266 g/mol. The molecule has 98 valence electrons. The fourth-order valence-corrected chi connectivity index (χ4v) is 1.87. The fraction of sp³-hybridized carbons (Fsp3) is 0.0714. The van der Waals surface area contributed by atoms with Gasteiger partial charge in [-0.1, -0.05) is 6.07 Å². The predicted octanol–water partition coefficient (Wildman–Crippen LogP) is 1.50. The lowest BCUT2D eigenvalue weighted by molar-refractivity contribution is 0.0814. The van der Waals surface area contributed by atoms with Gasteiger partial charge in [-0.2, -0.15) is 5.10 Å². The highest BCUT2D eigenvalue weighted by Crippen LogP contribution is 2.09. The second-order valence-electron chi connectivity index (χ2n) is 4.30. The molecule has 0 amide bonds. The van der Waals surface area contributed by atoms with Gasteiger partial charge in [-0.3, -0.25) is 9.59 Å². The van der Waals surface area contributed by atoms with E-state index in [1.54, 1.807) is 25.3 Å². The van der Waals surface area contributed by atoms with Crippen molar-refractivity contribution in [3.8, 4) is 0 Å². The van der Waals surface area contributed by atoms with Crippen LogP contribution in [0.2, 0.25) is 0 Å². The largest absolute Gasteiger partial charge is 0.285 e. The van der Waals surface area contributed by atoms with E-state index in [-0.39, 0.29) is 11.3 Å². The van der Waals surface area contributed by atoms with Crippen LogP contribution in [0.15, 0.2) is 42.9 Å². The molecule has 0 aliphatic heterocycles. The van der Waals surface area contributed by atoms with Crippen molar-refractivity contribution in [2.24, 2.45) is 0 Å². The van der Waals surface area contributed by atoms with Crippen molar-refractivity contribution in [2.45, 2.75) is 6.92 Å². The van der Waals surface area contributed by atoms with E-state index in [0.29, 0.717) is 11.3 Å². The standard InChI is InChI=1S/C14H10N4O2/c1-9-3-2-4-11(17-9)14(20)13(19)10-5-6-18-12(7-10)15-8-16-18/h2-8H,1H3. The highest BCUT2D eigenvalue weighted by atomic mass is 16.2. The van der Waals surface area contributed by atoms with Crippen LogP contribution in [-0.2, 0) is 0 Å². The molecular weight excluding hydrogens is 256 g/mol. The van der Waals surface area contributed by atoms with Crippen LogP contribution in [0.4, 0.5) is 0 Å². The summed E-state index contributed by atoms with van der Waals surface area (Å²) in [5.41, 5.74) is 1.63. The summed E-state index contributed by atoms with van der Waals surface area (Å²) >= 11 is 0. The molecule has 3 heterocycles. The van der Waals surface area contributed by atoms with E-state index >= 15 is 0 Å². The minimum atomic E-state index is -0.627. The molecule has 3 aromatic heterocycles. The molecule has 0 saturated carbocycles. The Hall–Kier alpha value is -2.89. The topological polar surface area (TPSA) is 77.2 Å². The van der Waals surface area contributed by atoms with Gasteiger partial charge < -0.3 is 0 Å². The minimum absolute atomic E-state index is 0.149. The van der Waals surface area contributed by atoms with E-state index in [0.717, 1.165) is 0 Å². The number of Topliss-reactive ketones (excluding diaryl/α,β-unsaturated/α-hetero) is 2. The average molecular weight is 266 g/mol. The van der Waals surface area contributed by atoms with Gasteiger partial charge >= 0.3 is 0 Å². The SMILES string of the molecule is Cc1cccc(C(=O)C(=O)c2ccn3ncnc3c2)n1. The van der Waals surface area contributed by atoms with Gasteiger partial charge in [0.25, 0.3) is 5.78 Å². The third-order valence-corrected chi connectivity index (χ3v) is 2.87. The molecule has 0 atom stereocenters. The molecule has 0 N–H and O–H groups in total. The van der Waals surface area contributed by atoms with Crippen molar-refractivity contribution in [3.63, 3.8) is 0 Å². The van der Waals surface area contributed by atoms with Gasteiger partial charge in [0.15, 0.2) is 5.65 Å². The van der Waals surface area contributed by atoms with Crippen molar-refractivity contribution >= 4 is 17.2 Å². The summed E-state index contributed by atoms with van der Waals surface area (Å²) < 4.78 is 1.52. The zero-order valence-electron chi connectivity index (χ0n) is 10.6. The van der Waals surface area contributed by atoms with Gasteiger partial charge in [0.1, 0.15) is 12.0 Å². The smallest absolute Gasteiger partial charge is 0.251 e. The number of hydrogen-bond donors (Lipinski definition) is 0. The molecule has 0 aromatic carbocycles. The molecule has 0 radical (unpaired) electrons. The number of carbonyl (C=O) groups is 2. The summed E-state index contributed by atoms with van der Waals surface area (Å²) in [6, 6.07) is 8.07. The van der Waals surface area contributed by atoms with Gasteiger partial charge in [-0.05, 0) is 31.2 Å². The summed E-state index contributed by atoms with van der Waals surface area (Å²) in [7, 11) is 0. The maximum Gasteiger partial charge on any atom is 0.251 e. The third kappa shape index (κ3) is 2.07. The molecular formula is C14H10N4O2. The van der Waals surface area contributed by atoms with Gasteiger partial charge in [0.2, 0.25) is 5.78 Å². The number of aromatic nitrogens is 4. The fourth-order valence-electron chi connectivity index (χ4n) is 1.87. The van der Waals surface area contributed by atoms with Crippen LogP contribution in [0.25, 0.3) is 5.65 Å². The Labute approximate surface area is 114 Å². The second kappa shape index (κ2) is 4.65. The second-order valence-corrected chi connectivity index (χ2v) is 4.30. The lowest BCUT2D eigenvalue weighted by atomic mass is 10.1. The number of pyridine rings is 2. The van der Waals surface area contributed by atoms with E-state index in [1.165, 1.54) is 29.0 Å². The van der Waals surface area contributed by atoms with Crippen LogP contribution < -0.4 is 0 Å². The molecule has 3 rings (SSSR count). The van der Waals surface area contributed by atoms with Crippen molar-refractivity contribution in [1.82, 2.24) is 19.6 Å². The van der Waals surface area contributed by atoms with Crippen molar-refractivity contribution < 1.29 is 9.59 Å². The van der Waals surface area contributed by atoms with Crippen LogP contribution in [-0.4, -0.2) is 31.1 Å². The number of hydrogen-bond acceptors (Lipinski definition) is 5. The van der Waals surface area contributed by atoms with E-state index < -0.39 is 11.6 Å². The molecule has 6 nitrogen and oxygen atoms in total. The molecule has 0 saturated heterocycles. The molecule has 0 aliphatic rings. The Bertz CT molecular complexity index is 823. The van der Waals surface area contributed by atoms with E-state index in [9.17, 15) is 9.59 Å². The molecule has 20 heavy (non-hydrogen) atoms. The summed E-state index contributed by atoms with van der Waals surface area (Å²) in [5.74, 6) is -1.23. The molecule has 0 fully saturated rings. The van der Waals surface area contributed by atoms with Gasteiger partial charge in [0.05, 0.1) is 0 Å². The maximum absolute atomic E-state index is 12.2. The first kappa shape index (κ1) is 12.2. The molecule has 3 aromatic rings. The number of carbonyl (C=O) groups excluding carboxylic acids is 2. The van der Waals surface area contributed by atoms with Gasteiger partial charge in [-0.25, -0.2) is 14.5 Å². The maximum atomic E-state index is 12.2. The van der Waals surface area contributed by atoms with Crippen molar-refractivity contribution in [3.05, 3.63) is 59.8 Å². The van der Waals surface area contributed by atoms with E-state index in [4.69, 9.17) is 0 Å². The number of nitrogens with zero attached hydrogens (tertiary/aromatic N) is 4. The Kier molecular flexibility index (Phi) is 2.83. The van der Waals surface area contributed by atoms with Gasteiger partial charge in [0, 0.05) is 17.5 Å². The first-order valence-corrected chi connectivity index (χ1v) is 5.97.